The lowest BCUT2D eigenvalue weighted by molar-refractivity contribution is 1.04. The van der Waals surface area contributed by atoms with Gasteiger partial charge in [0.05, 0.1) is 5.69 Å². The van der Waals surface area contributed by atoms with Crippen molar-refractivity contribution in [2.75, 3.05) is 0 Å². The summed E-state index contributed by atoms with van der Waals surface area (Å²) in [6.07, 6.45) is 0. The molecule has 0 fully saturated rings. The average Bonchev–Trinajstić information content (AvgIpc) is 2.14. The van der Waals surface area contributed by atoms with Gasteiger partial charge in [0.1, 0.15) is 10.4 Å². The topological polar surface area (TPSA) is 25.8 Å². The minimum Gasteiger partial charge on any atom is -0.233 e. The number of hydrogen-bond donors (Lipinski definition) is 0. The van der Waals surface area contributed by atoms with Crippen LogP contribution in [0.3, 0.4) is 0 Å². The van der Waals surface area contributed by atoms with Gasteiger partial charge in [0, 0.05) is 15.6 Å². The van der Waals surface area contributed by atoms with E-state index in [-0.39, 0.29) is 0 Å². The van der Waals surface area contributed by atoms with E-state index in [0.29, 0.717) is 15.9 Å². The van der Waals surface area contributed by atoms with Crippen LogP contribution in [0.1, 0.15) is 5.82 Å². The summed E-state index contributed by atoms with van der Waals surface area (Å²) in [6.45, 7) is 1.83. The van der Waals surface area contributed by atoms with E-state index in [1.807, 2.05) is 25.1 Å². The van der Waals surface area contributed by atoms with Gasteiger partial charge >= 0.3 is 0 Å². The Bertz CT molecular complexity index is 454. The second-order valence-electron chi connectivity index (χ2n) is 3.28. The molecule has 5 heteroatoms. The summed E-state index contributed by atoms with van der Waals surface area (Å²) in [4.78, 5) is 8.47. The molecule has 0 radical (unpaired) electrons. The Morgan fingerprint density at radius 1 is 1.00 bits per heavy atom. The summed E-state index contributed by atoms with van der Waals surface area (Å²) in [6, 6.07) is 7.16. The highest BCUT2D eigenvalue weighted by Gasteiger charge is 2.05. The summed E-state index contributed by atoms with van der Waals surface area (Å²) in [5.41, 5.74) is 1.67. The van der Waals surface area contributed by atoms with E-state index >= 15 is 0 Å². The van der Waals surface area contributed by atoms with Crippen molar-refractivity contribution >= 4 is 39.1 Å². The van der Waals surface area contributed by atoms with Gasteiger partial charge in [-0.2, -0.15) is 0 Å². The SMILES string of the molecule is Cc1nc(Br)cc(-c2cc(Cl)cc(Cl)c2)n1. The zero-order chi connectivity index (χ0) is 11.7. The van der Waals surface area contributed by atoms with E-state index < -0.39 is 0 Å². The Balaban J connectivity index is 2.57. The highest BCUT2D eigenvalue weighted by molar-refractivity contribution is 9.10. The molecule has 0 unspecified atom stereocenters. The van der Waals surface area contributed by atoms with Crippen molar-refractivity contribution in [3.8, 4) is 11.3 Å². The molecular formula is C11H7BrCl2N2. The van der Waals surface area contributed by atoms with Gasteiger partial charge in [-0.15, -0.1) is 0 Å². The highest BCUT2D eigenvalue weighted by Crippen LogP contribution is 2.27. The predicted molar refractivity (Wildman–Crippen MR) is 69.9 cm³/mol. The molecule has 0 aliphatic carbocycles. The number of hydrogen-bond acceptors (Lipinski definition) is 2. The van der Waals surface area contributed by atoms with Crippen molar-refractivity contribution in [1.82, 2.24) is 9.97 Å². The molecule has 16 heavy (non-hydrogen) atoms. The van der Waals surface area contributed by atoms with Crippen molar-refractivity contribution in [2.45, 2.75) is 6.92 Å². The van der Waals surface area contributed by atoms with Gasteiger partial charge in [-0.3, -0.25) is 0 Å². The Morgan fingerprint density at radius 3 is 2.19 bits per heavy atom. The van der Waals surface area contributed by atoms with Gasteiger partial charge in [0.2, 0.25) is 0 Å². The molecule has 0 spiro atoms. The smallest absolute Gasteiger partial charge is 0.127 e. The largest absolute Gasteiger partial charge is 0.233 e. The minimum atomic E-state index is 0.592. The van der Waals surface area contributed by atoms with E-state index in [2.05, 4.69) is 25.9 Å². The second kappa shape index (κ2) is 4.70. The van der Waals surface area contributed by atoms with E-state index in [4.69, 9.17) is 23.2 Å². The van der Waals surface area contributed by atoms with Gasteiger partial charge in [0.15, 0.2) is 0 Å². The molecule has 1 heterocycles. The summed E-state index contributed by atoms with van der Waals surface area (Å²) in [5.74, 6) is 0.695. The Hall–Kier alpha value is -0.640. The van der Waals surface area contributed by atoms with Crippen molar-refractivity contribution in [1.29, 1.82) is 0 Å². The van der Waals surface area contributed by atoms with Crippen molar-refractivity contribution in [3.05, 3.63) is 44.7 Å². The summed E-state index contributed by atoms with van der Waals surface area (Å²) >= 11 is 15.2. The first-order valence-corrected chi connectivity index (χ1v) is 6.07. The molecule has 0 aliphatic heterocycles. The zero-order valence-electron chi connectivity index (χ0n) is 8.34. The number of rotatable bonds is 1. The molecule has 0 amide bonds. The van der Waals surface area contributed by atoms with Crippen LogP contribution >= 0.6 is 39.1 Å². The lowest BCUT2D eigenvalue weighted by Gasteiger charge is -2.04. The van der Waals surface area contributed by atoms with Crippen LogP contribution in [0.25, 0.3) is 11.3 Å². The summed E-state index contributed by atoms with van der Waals surface area (Å²) < 4.78 is 0.742. The minimum absolute atomic E-state index is 0.592. The number of halogens is 3. The molecule has 0 saturated heterocycles. The summed E-state index contributed by atoms with van der Waals surface area (Å²) in [7, 11) is 0. The van der Waals surface area contributed by atoms with Gasteiger partial charge in [-0.05, 0) is 47.1 Å². The van der Waals surface area contributed by atoms with Crippen molar-refractivity contribution < 1.29 is 0 Å². The maximum Gasteiger partial charge on any atom is 0.127 e. The maximum atomic E-state index is 5.94. The Labute approximate surface area is 112 Å². The molecule has 0 N–H and O–H groups in total. The third kappa shape index (κ3) is 2.73. The molecule has 2 aromatic rings. The molecule has 82 valence electrons. The molecule has 0 bridgehead atoms. The monoisotopic (exact) mass is 316 g/mol. The fourth-order valence-corrected chi connectivity index (χ4v) is 2.38. The molecule has 1 aromatic heterocycles. The number of aromatic nitrogens is 2. The number of benzene rings is 1. The summed E-state index contributed by atoms with van der Waals surface area (Å²) in [5, 5.41) is 1.18. The fraction of sp³-hybridized carbons (Fsp3) is 0.0909. The third-order valence-electron chi connectivity index (χ3n) is 1.97. The first-order valence-electron chi connectivity index (χ1n) is 4.52. The van der Waals surface area contributed by atoms with Crippen molar-refractivity contribution in [3.63, 3.8) is 0 Å². The normalized spacial score (nSPS) is 10.5. The molecule has 0 saturated carbocycles. The van der Waals surface area contributed by atoms with Crippen LogP contribution in [0.15, 0.2) is 28.9 Å². The van der Waals surface area contributed by atoms with E-state index in [1.54, 1.807) is 6.07 Å². The Morgan fingerprint density at radius 2 is 1.62 bits per heavy atom. The van der Waals surface area contributed by atoms with Crippen LogP contribution in [0.4, 0.5) is 0 Å². The van der Waals surface area contributed by atoms with Crippen LogP contribution in [-0.2, 0) is 0 Å². The molecular weight excluding hydrogens is 311 g/mol. The molecule has 2 rings (SSSR count). The highest BCUT2D eigenvalue weighted by atomic mass is 79.9. The lowest BCUT2D eigenvalue weighted by atomic mass is 10.1. The quantitative estimate of drug-likeness (QED) is 0.723. The first-order chi connectivity index (χ1) is 7.54. The molecule has 0 aliphatic rings. The molecule has 2 nitrogen and oxygen atoms in total. The van der Waals surface area contributed by atoms with Crippen LogP contribution in [0.2, 0.25) is 10.0 Å². The lowest BCUT2D eigenvalue weighted by Crippen LogP contribution is -1.91. The molecule has 0 atom stereocenters. The second-order valence-corrected chi connectivity index (χ2v) is 4.97. The third-order valence-corrected chi connectivity index (χ3v) is 2.81. The van der Waals surface area contributed by atoms with Gasteiger partial charge in [0.25, 0.3) is 0 Å². The maximum absolute atomic E-state index is 5.94. The van der Waals surface area contributed by atoms with Gasteiger partial charge < -0.3 is 0 Å². The van der Waals surface area contributed by atoms with Crippen LogP contribution in [-0.4, -0.2) is 9.97 Å². The van der Waals surface area contributed by atoms with E-state index in [9.17, 15) is 0 Å². The van der Waals surface area contributed by atoms with Crippen LogP contribution in [0, 0.1) is 6.92 Å². The molecule has 1 aromatic carbocycles. The van der Waals surface area contributed by atoms with E-state index in [0.717, 1.165) is 15.9 Å². The predicted octanol–water partition coefficient (Wildman–Crippen LogP) is 4.52. The van der Waals surface area contributed by atoms with Crippen LogP contribution < -0.4 is 0 Å². The zero-order valence-corrected chi connectivity index (χ0v) is 11.4. The number of nitrogens with zero attached hydrogens (tertiary/aromatic N) is 2. The van der Waals surface area contributed by atoms with Gasteiger partial charge in [-0.25, -0.2) is 9.97 Å². The first kappa shape index (κ1) is 11.8. The fourth-order valence-electron chi connectivity index (χ4n) is 1.38. The van der Waals surface area contributed by atoms with Gasteiger partial charge in [-0.1, -0.05) is 23.2 Å². The van der Waals surface area contributed by atoms with Crippen molar-refractivity contribution in [2.24, 2.45) is 0 Å². The van der Waals surface area contributed by atoms with E-state index in [1.165, 1.54) is 0 Å². The Kier molecular flexibility index (Phi) is 3.47. The standard InChI is InChI=1S/C11H7BrCl2N2/c1-6-15-10(5-11(12)16-6)7-2-8(13)4-9(14)3-7/h2-5H,1H3. The average molecular weight is 318 g/mol. The number of aryl methyl sites for hydroxylation is 1. The van der Waals surface area contributed by atoms with Crippen LogP contribution in [0.5, 0.6) is 0 Å².